The van der Waals surface area contributed by atoms with Crippen molar-refractivity contribution in [3.63, 3.8) is 0 Å². The van der Waals surface area contributed by atoms with E-state index in [1.165, 1.54) is 28.7 Å². The van der Waals surface area contributed by atoms with Crippen molar-refractivity contribution < 1.29 is 0 Å². The molecule has 2 aliphatic rings. The van der Waals surface area contributed by atoms with E-state index in [9.17, 15) is 0 Å². The van der Waals surface area contributed by atoms with Gasteiger partial charge in [0.25, 0.3) is 0 Å². The van der Waals surface area contributed by atoms with E-state index < -0.39 is 0 Å². The number of fused-ring (bicyclic) bond motifs is 2. The maximum Gasteiger partial charge on any atom is 0.0409 e. The lowest BCUT2D eigenvalue weighted by atomic mass is 9.92. The number of hydrogen-bond donors (Lipinski definition) is 0. The quantitative estimate of drug-likeness (QED) is 0.710. The summed E-state index contributed by atoms with van der Waals surface area (Å²) in [5.74, 6) is 0. The number of likely N-dealkylation sites (N-methyl/N-ethyl adjacent to an activating group) is 1. The molecule has 4 rings (SSSR count). The summed E-state index contributed by atoms with van der Waals surface area (Å²) in [6.07, 6.45) is 3.47. The second-order valence-electron chi connectivity index (χ2n) is 7.56. The fourth-order valence-electron chi connectivity index (χ4n) is 4.43. The number of hydrogen-bond acceptors (Lipinski definition) is 2. The Labute approximate surface area is 166 Å². The van der Waals surface area contributed by atoms with Gasteiger partial charge in [0.2, 0.25) is 0 Å². The van der Waals surface area contributed by atoms with Gasteiger partial charge in [-0.2, -0.15) is 0 Å². The first-order valence-corrected chi connectivity index (χ1v) is 10.4. The molecule has 0 N–H and O–H groups in total. The highest BCUT2D eigenvalue weighted by atomic mass is 35.5. The van der Waals surface area contributed by atoms with Gasteiger partial charge in [-0.15, -0.1) is 0 Å². The summed E-state index contributed by atoms with van der Waals surface area (Å²) in [6.45, 7) is 7.74. The van der Waals surface area contributed by atoms with Crippen LogP contribution in [-0.2, 0) is 25.9 Å². The molecule has 0 aliphatic carbocycles. The van der Waals surface area contributed by atoms with E-state index in [1.807, 2.05) is 12.1 Å². The summed E-state index contributed by atoms with van der Waals surface area (Å²) in [5.41, 5.74) is 5.74. The van der Waals surface area contributed by atoms with Crippen LogP contribution in [0.4, 0.5) is 0 Å². The Morgan fingerprint density at radius 1 is 0.923 bits per heavy atom. The lowest BCUT2D eigenvalue weighted by Gasteiger charge is -2.38. The first-order chi connectivity index (χ1) is 12.6. The van der Waals surface area contributed by atoms with Crippen molar-refractivity contribution in [1.82, 2.24) is 9.80 Å². The minimum atomic E-state index is 0.625. The van der Waals surface area contributed by atoms with Gasteiger partial charge in [-0.05, 0) is 78.9 Å². The van der Waals surface area contributed by atoms with Gasteiger partial charge in [0.1, 0.15) is 0 Å². The molecule has 0 spiro atoms. The molecule has 0 amide bonds. The van der Waals surface area contributed by atoms with Crippen LogP contribution in [0.3, 0.4) is 0 Å². The van der Waals surface area contributed by atoms with Gasteiger partial charge in [0, 0.05) is 35.7 Å². The van der Waals surface area contributed by atoms with E-state index in [0.717, 1.165) is 55.6 Å². The highest BCUT2D eigenvalue weighted by Gasteiger charge is 2.26. The largest absolute Gasteiger partial charge is 0.299 e. The van der Waals surface area contributed by atoms with Crippen molar-refractivity contribution in [3.05, 3.63) is 68.7 Å². The first-order valence-electron chi connectivity index (χ1n) is 9.63. The van der Waals surface area contributed by atoms with Gasteiger partial charge in [0.05, 0.1) is 0 Å². The monoisotopic (exact) mass is 388 g/mol. The molecule has 138 valence electrons. The standard InChI is InChI=1S/C22H26Cl2N2/c1-2-26-15-19-12-21(24)5-3-16(19)13-22(26)8-10-25-9-7-17-11-20(23)6-4-18(17)14-25/h3-6,11-12,22H,2,7-10,13-15H2,1H3. The fraction of sp³-hybridized carbons (Fsp3) is 0.455. The number of nitrogens with zero attached hydrogens (tertiary/aromatic N) is 2. The molecule has 0 saturated carbocycles. The van der Waals surface area contributed by atoms with E-state index in [1.54, 1.807) is 0 Å². The molecule has 2 aromatic rings. The van der Waals surface area contributed by atoms with Crippen molar-refractivity contribution in [2.45, 2.75) is 45.3 Å². The molecule has 0 bridgehead atoms. The minimum absolute atomic E-state index is 0.625. The van der Waals surface area contributed by atoms with E-state index >= 15 is 0 Å². The smallest absolute Gasteiger partial charge is 0.0409 e. The van der Waals surface area contributed by atoms with Gasteiger partial charge in [-0.1, -0.05) is 42.3 Å². The zero-order chi connectivity index (χ0) is 18.1. The van der Waals surface area contributed by atoms with Crippen LogP contribution in [0, 0.1) is 0 Å². The van der Waals surface area contributed by atoms with Crippen molar-refractivity contribution >= 4 is 23.2 Å². The number of rotatable bonds is 4. The molecule has 4 heteroatoms. The molecular formula is C22H26Cl2N2. The summed E-state index contributed by atoms with van der Waals surface area (Å²) >= 11 is 12.3. The zero-order valence-electron chi connectivity index (χ0n) is 15.3. The normalized spacial score (nSPS) is 20.7. The third kappa shape index (κ3) is 3.94. The Morgan fingerprint density at radius 2 is 1.65 bits per heavy atom. The van der Waals surface area contributed by atoms with Gasteiger partial charge < -0.3 is 0 Å². The van der Waals surface area contributed by atoms with Gasteiger partial charge >= 0.3 is 0 Å². The molecule has 0 fully saturated rings. The van der Waals surface area contributed by atoms with Gasteiger partial charge in [-0.25, -0.2) is 0 Å². The molecule has 0 radical (unpaired) electrons. The zero-order valence-corrected chi connectivity index (χ0v) is 16.9. The summed E-state index contributed by atoms with van der Waals surface area (Å²) < 4.78 is 0. The molecule has 26 heavy (non-hydrogen) atoms. The maximum absolute atomic E-state index is 6.18. The Hall–Kier alpha value is -1.06. The number of benzene rings is 2. The topological polar surface area (TPSA) is 6.48 Å². The second-order valence-corrected chi connectivity index (χ2v) is 8.43. The Morgan fingerprint density at radius 3 is 2.42 bits per heavy atom. The van der Waals surface area contributed by atoms with E-state index in [2.05, 4.69) is 41.0 Å². The Bertz CT molecular complexity index is 790. The molecule has 2 aliphatic heterocycles. The Kier molecular flexibility index (Phi) is 5.56. The van der Waals surface area contributed by atoms with E-state index in [4.69, 9.17) is 23.2 Å². The number of halogens is 2. The molecule has 2 nitrogen and oxygen atoms in total. The lowest BCUT2D eigenvalue weighted by molar-refractivity contribution is 0.146. The predicted molar refractivity (Wildman–Crippen MR) is 110 cm³/mol. The molecular weight excluding hydrogens is 363 g/mol. The second kappa shape index (κ2) is 7.90. The Balaban J connectivity index is 1.39. The SMILES string of the molecule is CCN1Cc2cc(Cl)ccc2CC1CCN1CCc2cc(Cl)ccc2C1. The summed E-state index contributed by atoms with van der Waals surface area (Å²) in [7, 11) is 0. The van der Waals surface area contributed by atoms with E-state index in [-0.39, 0.29) is 0 Å². The van der Waals surface area contributed by atoms with Gasteiger partial charge in [-0.3, -0.25) is 9.80 Å². The van der Waals surface area contributed by atoms with Crippen LogP contribution < -0.4 is 0 Å². The van der Waals surface area contributed by atoms with Gasteiger partial charge in [0.15, 0.2) is 0 Å². The van der Waals surface area contributed by atoms with Crippen LogP contribution in [0.15, 0.2) is 36.4 Å². The highest BCUT2D eigenvalue weighted by Crippen LogP contribution is 2.28. The minimum Gasteiger partial charge on any atom is -0.299 e. The van der Waals surface area contributed by atoms with Crippen LogP contribution in [0.1, 0.15) is 35.6 Å². The summed E-state index contributed by atoms with van der Waals surface area (Å²) in [5, 5.41) is 1.71. The lowest BCUT2D eigenvalue weighted by Crippen LogP contribution is -2.43. The van der Waals surface area contributed by atoms with Crippen LogP contribution in [-0.4, -0.2) is 35.5 Å². The molecule has 2 aromatic carbocycles. The third-order valence-corrected chi connectivity index (χ3v) is 6.43. The summed E-state index contributed by atoms with van der Waals surface area (Å²) in [4.78, 5) is 5.21. The maximum atomic E-state index is 6.18. The fourth-order valence-corrected chi connectivity index (χ4v) is 4.82. The highest BCUT2D eigenvalue weighted by molar-refractivity contribution is 6.30. The molecule has 0 saturated heterocycles. The molecule has 1 unspecified atom stereocenters. The third-order valence-electron chi connectivity index (χ3n) is 5.96. The average Bonchev–Trinajstić information content (AvgIpc) is 2.65. The van der Waals surface area contributed by atoms with Crippen LogP contribution >= 0.6 is 23.2 Å². The average molecular weight is 389 g/mol. The van der Waals surface area contributed by atoms with Crippen molar-refractivity contribution in [2.75, 3.05) is 19.6 Å². The van der Waals surface area contributed by atoms with Crippen molar-refractivity contribution in [2.24, 2.45) is 0 Å². The van der Waals surface area contributed by atoms with Crippen LogP contribution in [0.25, 0.3) is 0 Å². The van der Waals surface area contributed by atoms with Crippen molar-refractivity contribution in [1.29, 1.82) is 0 Å². The molecule has 2 heterocycles. The van der Waals surface area contributed by atoms with Crippen LogP contribution in [0.5, 0.6) is 0 Å². The predicted octanol–water partition coefficient (Wildman–Crippen LogP) is 5.19. The van der Waals surface area contributed by atoms with E-state index in [0.29, 0.717) is 6.04 Å². The van der Waals surface area contributed by atoms with Crippen LogP contribution in [0.2, 0.25) is 10.0 Å². The summed E-state index contributed by atoms with van der Waals surface area (Å²) in [6, 6.07) is 13.4. The molecule has 0 aromatic heterocycles. The first kappa shape index (κ1) is 18.3. The molecule has 1 atom stereocenters. The van der Waals surface area contributed by atoms with Crippen molar-refractivity contribution in [3.8, 4) is 0 Å².